The van der Waals surface area contributed by atoms with Crippen molar-refractivity contribution >= 4 is 33.7 Å². The molecule has 0 amide bonds. The minimum absolute atomic E-state index is 0.234. The molecule has 0 saturated carbocycles. The lowest BCUT2D eigenvalue weighted by atomic mass is 9.98. The zero-order valence-electron chi connectivity index (χ0n) is 24.7. The average Bonchev–Trinajstić information content (AvgIpc) is 3.50. The van der Waals surface area contributed by atoms with E-state index in [9.17, 15) is 10.5 Å². The summed E-state index contributed by atoms with van der Waals surface area (Å²) in [5.74, 6) is -0.353. The van der Waals surface area contributed by atoms with Gasteiger partial charge in [0.05, 0.1) is 34.2 Å². The summed E-state index contributed by atoms with van der Waals surface area (Å²) in [6.07, 6.45) is 3.47. The molecule has 0 spiro atoms. The molecule has 226 valence electrons. The van der Waals surface area contributed by atoms with Crippen molar-refractivity contribution in [3.05, 3.63) is 137 Å². The summed E-state index contributed by atoms with van der Waals surface area (Å²) in [7, 11) is 0. The van der Waals surface area contributed by atoms with Crippen LogP contribution in [0.4, 0.5) is 20.5 Å². The van der Waals surface area contributed by atoms with Crippen LogP contribution in [0, 0.1) is 34.3 Å². The van der Waals surface area contributed by atoms with E-state index in [1.165, 1.54) is 12.1 Å². The van der Waals surface area contributed by atoms with Crippen molar-refractivity contribution in [3.8, 4) is 34.4 Å². The maximum Gasteiger partial charge on any atom is 0.225 e. The molecule has 7 rings (SSSR count). The van der Waals surface area contributed by atoms with Gasteiger partial charge in [-0.2, -0.15) is 15.5 Å². The molecule has 0 bridgehead atoms. The van der Waals surface area contributed by atoms with Gasteiger partial charge in [0.1, 0.15) is 23.1 Å². The van der Waals surface area contributed by atoms with Crippen LogP contribution in [0.2, 0.25) is 0 Å². The van der Waals surface area contributed by atoms with Crippen LogP contribution in [0.5, 0.6) is 0 Å². The second-order valence-electron chi connectivity index (χ2n) is 10.9. The van der Waals surface area contributed by atoms with Gasteiger partial charge in [0.25, 0.3) is 0 Å². The Kier molecular flexibility index (Phi) is 7.45. The number of nitrogens with one attached hydrogen (secondary N) is 1. The molecule has 0 aliphatic rings. The Hall–Kier alpha value is -6.65. The fourth-order valence-electron chi connectivity index (χ4n) is 5.72. The molecule has 0 unspecified atom stereocenters. The molecule has 0 aliphatic carbocycles. The largest absolute Gasteiger partial charge is 0.383 e. The molecule has 3 heterocycles. The number of nitrogen functional groups attached to an aromatic ring is 1. The molecule has 4 aromatic carbocycles. The van der Waals surface area contributed by atoms with Crippen LogP contribution in [0.15, 0.2) is 103 Å². The van der Waals surface area contributed by atoms with E-state index in [0.717, 1.165) is 10.9 Å². The lowest BCUT2D eigenvalue weighted by molar-refractivity contribution is 0.627. The summed E-state index contributed by atoms with van der Waals surface area (Å²) in [5.41, 5.74) is 11.5. The molecular formula is C37H24F2N8. The fourth-order valence-corrected chi connectivity index (χ4v) is 5.72. The third kappa shape index (κ3) is 5.45. The first-order valence-electron chi connectivity index (χ1n) is 14.6. The summed E-state index contributed by atoms with van der Waals surface area (Å²) in [5, 5.41) is 23.3. The molecule has 0 fully saturated rings. The zero-order chi connectivity index (χ0) is 32.5. The van der Waals surface area contributed by atoms with Gasteiger partial charge in [-0.3, -0.25) is 0 Å². The molecule has 8 nitrogen and oxygen atoms in total. The third-order valence-electron chi connectivity index (χ3n) is 8.03. The van der Waals surface area contributed by atoms with Gasteiger partial charge in [0.2, 0.25) is 5.95 Å². The van der Waals surface area contributed by atoms with Gasteiger partial charge in [0.15, 0.2) is 0 Å². The number of fused-ring (bicyclic) bond motifs is 3. The van der Waals surface area contributed by atoms with E-state index in [1.807, 2.05) is 22.9 Å². The highest BCUT2D eigenvalue weighted by molar-refractivity contribution is 6.06. The van der Waals surface area contributed by atoms with E-state index >= 15 is 8.78 Å². The Morgan fingerprint density at radius 2 is 1.34 bits per heavy atom. The predicted molar refractivity (Wildman–Crippen MR) is 177 cm³/mol. The summed E-state index contributed by atoms with van der Waals surface area (Å²) in [6.45, 7) is 0.586. The molecule has 0 aliphatic heterocycles. The van der Waals surface area contributed by atoms with Gasteiger partial charge < -0.3 is 15.6 Å². The lowest BCUT2D eigenvalue weighted by Crippen LogP contribution is -2.07. The third-order valence-corrected chi connectivity index (χ3v) is 8.03. The number of pyridine rings is 1. The molecule has 0 atom stereocenters. The number of anilines is 2. The van der Waals surface area contributed by atoms with Crippen molar-refractivity contribution in [3.63, 3.8) is 0 Å². The highest BCUT2D eigenvalue weighted by atomic mass is 19.1. The maximum atomic E-state index is 15.2. The Balaban J connectivity index is 1.14. The minimum Gasteiger partial charge on any atom is -0.383 e. The zero-order valence-corrected chi connectivity index (χ0v) is 24.7. The van der Waals surface area contributed by atoms with Gasteiger partial charge in [0, 0.05) is 53.1 Å². The quantitative estimate of drug-likeness (QED) is 0.188. The molecule has 0 saturated heterocycles. The second-order valence-corrected chi connectivity index (χ2v) is 10.9. The summed E-state index contributed by atoms with van der Waals surface area (Å²) in [6, 6.07) is 29.7. The normalized spacial score (nSPS) is 11.0. The van der Waals surface area contributed by atoms with Gasteiger partial charge >= 0.3 is 0 Å². The monoisotopic (exact) mass is 618 g/mol. The predicted octanol–water partition coefficient (Wildman–Crippen LogP) is 7.58. The van der Waals surface area contributed by atoms with Crippen LogP contribution >= 0.6 is 0 Å². The van der Waals surface area contributed by atoms with Gasteiger partial charge in [-0.15, -0.1) is 0 Å². The van der Waals surface area contributed by atoms with E-state index in [2.05, 4.69) is 27.4 Å². The van der Waals surface area contributed by atoms with E-state index in [0.29, 0.717) is 62.0 Å². The first-order chi connectivity index (χ1) is 22.9. The van der Waals surface area contributed by atoms with Gasteiger partial charge in [-0.05, 0) is 41.5 Å². The number of nitriles is 2. The summed E-state index contributed by atoms with van der Waals surface area (Å²) >= 11 is 0. The average molecular weight is 619 g/mol. The van der Waals surface area contributed by atoms with Crippen LogP contribution in [0.25, 0.3) is 44.2 Å². The van der Waals surface area contributed by atoms with Crippen molar-refractivity contribution in [2.75, 3.05) is 11.1 Å². The van der Waals surface area contributed by atoms with Crippen molar-refractivity contribution < 1.29 is 8.78 Å². The Morgan fingerprint density at radius 1 is 0.723 bits per heavy atom. The molecule has 47 heavy (non-hydrogen) atoms. The molecule has 0 radical (unpaired) electrons. The van der Waals surface area contributed by atoms with E-state index in [4.69, 9.17) is 10.7 Å². The van der Waals surface area contributed by atoms with Crippen LogP contribution < -0.4 is 11.1 Å². The molecule has 7 aromatic rings. The van der Waals surface area contributed by atoms with Crippen molar-refractivity contribution in [1.82, 2.24) is 19.5 Å². The Morgan fingerprint density at radius 3 is 1.98 bits per heavy atom. The highest BCUT2D eigenvalue weighted by Gasteiger charge is 2.15. The van der Waals surface area contributed by atoms with Crippen molar-refractivity contribution in [1.29, 1.82) is 10.5 Å². The summed E-state index contributed by atoms with van der Waals surface area (Å²) < 4.78 is 32.2. The number of nitrogens with two attached hydrogens (primary N) is 1. The van der Waals surface area contributed by atoms with E-state index in [1.54, 1.807) is 72.9 Å². The Bertz CT molecular complexity index is 2420. The Labute approximate surface area is 268 Å². The molecular weight excluding hydrogens is 594 g/mol. The van der Waals surface area contributed by atoms with Gasteiger partial charge in [-0.25, -0.2) is 18.7 Å². The molecule has 10 heteroatoms. The molecule has 3 N–H and O–H groups in total. The number of hydrogen-bond donors (Lipinski definition) is 2. The number of hydrogen-bond acceptors (Lipinski definition) is 7. The van der Waals surface area contributed by atoms with E-state index < -0.39 is 11.6 Å². The topological polar surface area (TPSA) is 129 Å². The minimum atomic E-state index is -0.443. The standard InChI is InChI=1S/C37H24F2N8/c38-32-15-22(9-11-28(32)26-7-3-1-5-24(26)17-40)19-44-37-45-34-30-13-14-47(36(30)43-20-31(34)35(42)46-37)21-23-10-12-29(33(39)16-23)27-8-4-2-6-25(27)18-41/h1-16,20H,19,21H2,(H3,42,44,45,46). The van der Waals surface area contributed by atoms with Crippen LogP contribution in [0.3, 0.4) is 0 Å². The number of aromatic nitrogens is 4. The number of nitrogens with zero attached hydrogens (tertiary/aromatic N) is 6. The first kappa shape index (κ1) is 29.1. The first-order valence-corrected chi connectivity index (χ1v) is 14.6. The van der Waals surface area contributed by atoms with Gasteiger partial charge in [-0.1, -0.05) is 60.7 Å². The smallest absolute Gasteiger partial charge is 0.225 e. The summed E-state index contributed by atoms with van der Waals surface area (Å²) in [4.78, 5) is 13.7. The van der Waals surface area contributed by atoms with Crippen LogP contribution in [-0.2, 0) is 13.1 Å². The van der Waals surface area contributed by atoms with Crippen molar-refractivity contribution in [2.45, 2.75) is 13.1 Å². The number of rotatable bonds is 7. The van der Waals surface area contributed by atoms with Crippen molar-refractivity contribution in [2.24, 2.45) is 0 Å². The van der Waals surface area contributed by atoms with Crippen LogP contribution in [-0.4, -0.2) is 19.5 Å². The lowest BCUT2D eigenvalue weighted by Gasteiger charge is -2.11. The number of halogens is 2. The molecule has 3 aromatic heterocycles. The SMILES string of the molecule is N#Cc1ccccc1-c1ccc(CNc2nc(N)c3cnc4c(ccn4Cc4ccc(-c5ccccc5C#N)c(F)c4)c3n2)cc1F. The second kappa shape index (κ2) is 12.0. The van der Waals surface area contributed by atoms with Crippen LogP contribution in [0.1, 0.15) is 22.3 Å². The fraction of sp³-hybridized carbons (Fsp3) is 0.0541. The van der Waals surface area contributed by atoms with E-state index in [-0.39, 0.29) is 18.3 Å². The maximum absolute atomic E-state index is 15.2. The number of benzene rings is 4. The highest BCUT2D eigenvalue weighted by Crippen LogP contribution is 2.30.